The molecule has 1 aromatic heterocycles. The van der Waals surface area contributed by atoms with Crippen LogP contribution in [0.5, 0.6) is 0 Å². The summed E-state index contributed by atoms with van der Waals surface area (Å²) in [4.78, 5) is 8.17. The SMILES string of the molecule is CN(CC1CC1)c1ncc(CNC2CC2)s1. The minimum absolute atomic E-state index is 0.787. The lowest BCUT2D eigenvalue weighted by Gasteiger charge is -2.14. The second kappa shape index (κ2) is 4.34. The summed E-state index contributed by atoms with van der Waals surface area (Å²) in [6.07, 6.45) is 7.55. The molecule has 0 radical (unpaired) electrons. The molecule has 0 amide bonds. The van der Waals surface area contributed by atoms with Crippen molar-refractivity contribution in [1.82, 2.24) is 10.3 Å². The van der Waals surface area contributed by atoms with Crippen LogP contribution in [0.25, 0.3) is 0 Å². The number of nitrogens with zero attached hydrogens (tertiary/aromatic N) is 2. The third kappa shape index (κ3) is 2.74. The van der Waals surface area contributed by atoms with Gasteiger partial charge in [0.1, 0.15) is 0 Å². The molecule has 0 aromatic carbocycles. The predicted octanol–water partition coefficient (Wildman–Crippen LogP) is 2.24. The Balaban J connectivity index is 1.52. The van der Waals surface area contributed by atoms with Crippen molar-refractivity contribution in [3.05, 3.63) is 11.1 Å². The van der Waals surface area contributed by atoms with Gasteiger partial charge in [0.05, 0.1) is 0 Å². The van der Waals surface area contributed by atoms with E-state index >= 15 is 0 Å². The van der Waals surface area contributed by atoms with Gasteiger partial charge in [-0.15, -0.1) is 11.3 Å². The summed E-state index contributed by atoms with van der Waals surface area (Å²) in [6, 6.07) is 0.787. The molecule has 0 aliphatic heterocycles. The maximum Gasteiger partial charge on any atom is 0.185 e. The van der Waals surface area contributed by atoms with Crippen LogP contribution in [0, 0.1) is 5.92 Å². The lowest BCUT2D eigenvalue weighted by Crippen LogP contribution is -2.19. The summed E-state index contributed by atoms with van der Waals surface area (Å²) in [5, 5.41) is 4.71. The fraction of sp³-hybridized carbons (Fsp3) is 0.750. The zero-order chi connectivity index (χ0) is 11.0. The first kappa shape index (κ1) is 10.5. The summed E-state index contributed by atoms with van der Waals surface area (Å²) in [6.45, 7) is 2.18. The van der Waals surface area contributed by atoms with Gasteiger partial charge in [-0.2, -0.15) is 0 Å². The maximum atomic E-state index is 4.50. The second-order valence-corrected chi connectivity index (χ2v) is 6.18. The molecule has 3 nitrogen and oxygen atoms in total. The Hall–Kier alpha value is -0.610. The highest BCUT2D eigenvalue weighted by molar-refractivity contribution is 7.15. The first-order valence-electron chi connectivity index (χ1n) is 6.20. The molecule has 4 heteroatoms. The van der Waals surface area contributed by atoms with Crippen molar-refractivity contribution in [3.8, 4) is 0 Å². The number of thiazole rings is 1. The number of hydrogen-bond donors (Lipinski definition) is 1. The standard InChI is InChI=1S/C12H19N3S/c1-15(8-9-2-3-9)12-14-7-11(16-12)6-13-10-4-5-10/h7,9-10,13H,2-6,8H2,1H3. The molecule has 2 aliphatic carbocycles. The van der Waals surface area contributed by atoms with E-state index in [-0.39, 0.29) is 0 Å². The molecule has 2 saturated carbocycles. The van der Waals surface area contributed by atoms with Crippen molar-refractivity contribution in [1.29, 1.82) is 0 Å². The zero-order valence-electron chi connectivity index (χ0n) is 9.78. The maximum absolute atomic E-state index is 4.50. The smallest absolute Gasteiger partial charge is 0.185 e. The molecule has 0 unspecified atom stereocenters. The molecule has 0 spiro atoms. The van der Waals surface area contributed by atoms with Crippen LogP contribution in [-0.2, 0) is 6.54 Å². The molecule has 0 saturated heterocycles. The average molecular weight is 237 g/mol. The van der Waals surface area contributed by atoms with Gasteiger partial charge in [0.15, 0.2) is 5.13 Å². The van der Waals surface area contributed by atoms with E-state index in [2.05, 4.69) is 22.2 Å². The van der Waals surface area contributed by atoms with Gasteiger partial charge in [0, 0.05) is 37.3 Å². The lowest BCUT2D eigenvalue weighted by atomic mass is 10.4. The third-order valence-corrected chi connectivity index (χ3v) is 4.35. The number of nitrogens with one attached hydrogen (secondary N) is 1. The summed E-state index contributed by atoms with van der Waals surface area (Å²) >= 11 is 1.83. The minimum atomic E-state index is 0.787. The number of anilines is 1. The molecular weight excluding hydrogens is 218 g/mol. The van der Waals surface area contributed by atoms with E-state index in [1.807, 2.05) is 17.5 Å². The first-order valence-corrected chi connectivity index (χ1v) is 7.02. The second-order valence-electron chi connectivity index (χ2n) is 5.09. The third-order valence-electron chi connectivity index (χ3n) is 3.24. The van der Waals surface area contributed by atoms with Crippen molar-refractivity contribution >= 4 is 16.5 Å². The largest absolute Gasteiger partial charge is 0.351 e. The van der Waals surface area contributed by atoms with Crippen LogP contribution in [0.2, 0.25) is 0 Å². The number of hydrogen-bond acceptors (Lipinski definition) is 4. The number of aromatic nitrogens is 1. The van der Waals surface area contributed by atoms with E-state index in [1.54, 1.807) is 0 Å². The van der Waals surface area contributed by atoms with Gasteiger partial charge in [0.25, 0.3) is 0 Å². The Kier molecular flexibility index (Phi) is 2.86. The normalized spacial score (nSPS) is 20.1. The van der Waals surface area contributed by atoms with Crippen LogP contribution in [0.1, 0.15) is 30.6 Å². The highest BCUT2D eigenvalue weighted by atomic mass is 32.1. The highest BCUT2D eigenvalue weighted by Gasteiger charge is 2.24. The lowest BCUT2D eigenvalue weighted by molar-refractivity contribution is 0.694. The molecule has 3 rings (SSSR count). The quantitative estimate of drug-likeness (QED) is 0.822. The van der Waals surface area contributed by atoms with Crippen LogP contribution in [0.15, 0.2) is 6.20 Å². The van der Waals surface area contributed by atoms with Crippen molar-refractivity contribution in [2.24, 2.45) is 5.92 Å². The van der Waals surface area contributed by atoms with E-state index in [1.165, 1.54) is 42.2 Å². The molecule has 2 aliphatic rings. The monoisotopic (exact) mass is 237 g/mol. The van der Waals surface area contributed by atoms with E-state index in [9.17, 15) is 0 Å². The summed E-state index contributed by atoms with van der Waals surface area (Å²) < 4.78 is 0. The molecule has 1 N–H and O–H groups in total. The minimum Gasteiger partial charge on any atom is -0.351 e. The molecule has 88 valence electrons. The van der Waals surface area contributed by atoms with Crippen molar-refractivity contribution < 1.29 is 0 Å². The molecule has 1 aromatic rings. The molecule has 16 heavy (non-hydrogen) atoms. The van der Waals surface area contributed by atoms with Gasteiger partial charge in [-0.25, -0.2) is 4.98 Å². The van der Waals surface area contributed by atoms with Crippen molar-refractivity contribution in [2.75, 3.05) is 18.5 Å². The van der Waals surface area contributed by atoms with Gasteiger partial charge >= 0.3 is 0 Å². The Labute approximate surface area is 101 Å². The molecule has 0 atom stereocenters. The average Bonchev–Trinajstić information content (AvgIpc) is 3.18. The summed E-state index contributed by atoms with van der Waals surface area (Å²) in [5.41, 5.74) is 0. The van der Waals surface area contributed by atoms with Gasteiger partial charge in [-0.05, 0) is 31.6 Å². The van der Waals surface area contributed by atoms with E-state index in [0.717, 1.165) is 18.5 Å². The first-order chi connectivity index (χ1) is 7.81. The van der Waals surface area contributed by atoms with Gasteiger partial charge in [-0.1, -0.05) is 0 Å². The van der Waals surface area contributed by atoms with Crippen LogP contribution < -0.4 is 10.2 Å². The summed E-state index contributed by atoms with van der Waals surface area (Å²) in [7, 11) is 2.16. The number of rotatable bonds is 6. The highest BCUT2D eigenvalue weighted by Crippen LogP contribution is 2.32. The van der Waals surface area contributed by atoms with E-state index in [4.69, 9.17) is 0 Å². The Morgan fingerprint density at radius 3 is 2.94 bits per heavy atom. The Morgan fingerprint density at radius 2 is 2.25 bits per heavy atom. The fourth-order valence-electron chi connectivity index (χ4n) is 1.85. The van der Waals surface area contributed by atoms with Crippen molar-refractivity contribution in [3.63, 3.8) is 0 Å². The summed E-state index contributed by atoms with van der Waals surface area (Å²) in [5.74, 6) is 0.932. The molecule has 1 heterocycles. The predicted molar refractivity (Wildman–Crippen MR) is 68.0 cm³/mol. The molecule has 0 bridgehead atoms. The van der Waals surface area contributed by atoms with E-state index < -0.39 is 0 Å². The van der Waals surface area contributed by atoms with Crippen LogP contribution in [0.3, 0.4) is 0 Å². The van der Waals surface area contributed by atoms with Crippen LogP contribution >= 0.6 is 11.3 Å². The molecular formula is C12H19N3S. The molecule has 2 fully saturated rings. The Morgan fingerprint density at radius 1 is 1.44 bits per heavy atom. The van der Waals surface area contributed by atoms with Gasteiger partial charge in [-0.3, -0.25) is 0 Å². The Bertz CT molecular complexity index is 355. The van der Waals surface area contributed by atoms with Gasteiger partial charge < -0.3 is 10.2 Å². The van der Waals surface area contributed by atoms with Crippen LogP contribution in [-0.4, -0.2) is 24.6 Å². The topological polar surface area (TPSA) is 28.2 Å². The van der Waals surface area contributed by atoms with Gasteiger partial charge in [0.2, 0.25) is 0 Å². The fourth-order valence-corrected chi connectivity index (χ4v) is 2.68. The zero-order valence-corrected chi connectivity index (χ0v) is 10.6. The van der Waals surface area contributed by atoms with Crippen molar-refractivity contribution in [2.45, 2.75) is 38.3 Å². The van der Waals surface area contributed by atoms with Crippen LogP contribution in [0.4, 0.5) is 5.13 Å². The van der Waals surface area contributed by atoms with E-state index in [0.29, 0.717) is 0 Å².